The molecule has 10 heteroatoms. The number of hydrogen-bond acceptors (Lipinski definition) is 8. The van der Waals surface area contributed by atoms with Crippen molar-refractivity contribution in [1.82, 2.24) is 29.1 Å². The van der Waals surface area contributed by atoms with Gasteiger partial charge in [0.2, 0.25) is 5.89 Å². The summed E-state index contributed by atoms with van der Waals surface area (Å²) in [5.74, 6) is 2.12. The van der Waals surface area contributed by atoms with Crippen molar-refractivity contribution in [2.75, 3.05) is 0 Å². The Bertz CT molecular complexity index is 8570. The molecule has 126 heavy (non-hydrogen) atoms. The fraction of sp³-hybridized carbons (Fsp3) is 0. The topological polar surface area (TPSA) is 114 Å². The van der Waals surface area contributed by atoms with Crippen LogP contribution in [0.1, 0.15) is 0 Å². The van der Waals surface area contributed by atoms with Crippen molar-refractivity contribution in [1.29, 1.82) is 0 Å². The third-order valence-electron chi connectivity index (χ3n) is 24.8. The molecule has 0 radical (unpaired) electrons. The summed E-state index contributed by atoms with van der Waals surface area (Å²) in [4.78, 5) is 21.3. The van der Waals surface area contributed by atoms with Crippen LogP contribution in [-0.4, -0.2) is 29.1 Å². The first-order valence-corrected chi connectivity index (χ1v) is 42.4. The van der Waals surface area contributed by atoms with Gasteiger partial charge in [0.05, 0.1) is 22.1 Å². The summed E-state index contributed by atoms with van der Waals surface area (Å²) in [6, 6.07) is 148. The molecule has 0 spiro atoms. The molecule has 18 aromatic carbocycles. The van der Waals surface area contributed by atoms with Crippen molar-refractivity contribution in [3.8, 4) is 157 Å². The third kappa shape index (κ3) is 12.2. The first-order chi connectivity index (χ1) is 62.4. The molecule has 25 aromatic rings. The van der Waals surface area contributed by atoms with Gasteiger partial charge in [0.1, 0.15) is 50.5 Å². The van der Waals surface area contributed by atoms with E-state index in [1.54, 1.807) is 0 Å². The number of rotatable bonds is 15. The molecule has 0 aliphatic rings. The predicted molar refractivity (Wildman–Crippen MR) is 514 cm³/mol. The molecule has 10 nitrogen and oxygen atoms in total. The van der Waals surface area contributed by atoms with Crippen LogP contribution in [0.15, 0.2) is 442 Å². The minimum atomic E-state index is 0.548. The van der Waals surface area contributed by atoms with E-state index in [0.29, 0.717) is 5.89 Å². The number of nitrogens with zero attached hydrogens (tertiary/aromatic N) is 6. The van der Waals surface area contributed by atoms with Gasteiger partial charge in [-0.3, -0.25) is 14.1 Å². The molecule has 7 heterocycles. The van der Waals surface area contributed by atoms with Crippen LogP contribution in [0.3, 0.4) is 0 Å². The molecular formula is C116H70N6O4. The van der Waals surface area contributed by atoms with E-state index in [0.717, 1.165) is 250 Å². The van der Waals surface area contributed by atoms with Crippen LogP contribution in [0.25, 0.3) is 256 Å². The predicted octanol–water partition coefficient (Wildman–Crippen LogP) is 31.3. The second-order valence-electron chi connectivity index (χ2n) is 32.3. The lowest BCUT2D eigenvalue weighted by molar-refractivity contribution is 0.620. The average molecular weight is 1610 g/mol. The van der Waals surface area contributed by atoms with Crippen molar-refractivity contribution in [2.24, 2.45) is 0 Å². The summed E-state index contributed by atoms with van der Waals surface area (Å²) >= 11 is 0. The van der Waals surface area contributed by atoms with Gasteiger partial charge in [-0.25, -0.2) is 15.0 Å². The van der Waals surface area contributed by atoms with Crippen LogP contribution in [0.5, 0.6) is 0 Å². The molecule has 0 N–H and O–H groups in total. The van der Waals surface area contributed by atoms with Crippen LogP contribution in [0.2, 0.25) is 0 Å². The number of para-hydroxylation sites is 4. The summed E-state index contributed by atoms with van der Waals surface area (Å²) in [6.07, 6.45) is 1.98. The van der Waals surface area contributed by atoms with E-state index in [2.05, 4.69) is 385 Å². The first-order valence-electron chi connectivity index (χ1n) is 42.4. The van der Waals surface area contributed by atoms with Crippen molar-refractivity contribution < 1.29 is 17.7 Å². The van der Waals surface area contributed by atoms with Crippen LogP contribution < -0.4 is 0 Å². The van der Waals surface area contributed by atoms with Crippen molar-refractivity contribution in [3.63, 3.8) is 0 Å². The number of furan rings is 3. The van der Waals surface area contributed by atoms with Crippen molar-refractivity contribution >= 4 is 99.0 Å². The maximum atomic E-state index is 7.18. The van der Waals surface area contributed by atoms with Crippen molar-refractivity contribution in [3.05, 3.63) is 425 Å². The number of aromatic nitrogens is 6. The highest BCUT2D eigenvalue weighted by Crippen LogP contribution is 2.50. The molecule has 7 aromatic heterocycles. The highest BCUT2D eigenvalue weighted by atomic mass is 16.4. The van der Waals surface area contributed by atoms with E-state index in [1.165, 1.54) is 0 Å². The van der Waals surface area contributed by atoms with Gasteiger partial charge in [-0.15, -0.1) is 0 Å². The zero-order chi connectivity index (χ0) is 82.9. The van der Waals surface area contributed by atoms with E-state index in [-0.39, 0.29) is 0 Å². The normalized spacial score (nSPS) is 11.8. The fourth-order valence-electron chi connectivity index (χ4n) is 18.9. The van der Waals surface area contributed by atoms with Gasteiger partial charge in [-0.1, -0.05) is 279 Å². The lowest BCUT2D eigenvalue weighted by Gasteiger charge is -2.12. The maximum Gasteiger partial charge on any atom is 0.228 e. The zero-order valence-electron chi connectivity index (χ0n) is 67.7. The van der Waals surface area contributed by atoms with E-state index in [9.17, 15) is 0 Å². The number of benzene rings is 18. The molecule has 25 rings (SSSR count). The quantitative estimate of drug-likeness (QED) is 0.0997. The van der Waals surface area contributed by atoms with Crippen LogP contribution in [0, 0.1) is 0 Å². The van der Waals surface area contributed by atoms with Gasteiger partial charge >= 0.3 is 0 Å². The summed E-state index contributed by atoms with van der Waals surface area (Å²) in [7, 11) is 0. The second-order valence-corrected chi connectivity index (χ2v) is 32.3. The van der Waals surface area contributed by atoms with Crippen LogP contribution in [-0.2, 0) is 0 Å². The van der Waals surface area contributed by atoms with E-state index < -0.39 is 0 Å². The average Bonchev–Trinajstić information content (AvgIpc) is 1.63. The summed E-state index contributed by atoms with van der Waals surface area (Å²) in [5.41, 5.74) is 35.7. The molecule has 0 aliphatic heterocycles. The standard InChI is InChI=1S/C116H70N6O4/c1-7-26-71(27-8-1)84-62-92(74-32-13-4-14-33-74)111-95(65-84)108-89(42-23-47-105(108)123-111)75-50-52-76(53-51-75)114-119-101-68-79(56-59-102(101)121(114)87-38-15-5-16-39-87)77-34-21-36-81(60-77)93-63-85(72-28-9-2-10-29-72)66-96-109-90(43-24-48-106(109)124-112(93)96)83-55-58-100(117-70-83)115-118-98-57-54-80(69-103(98)122(115)88-40-17-6-18-41-88)78-35-22-37-82(61-78)94-64-86(73-30-11-3-12-31-73)67-97-110-91(44-25-49-107(110)125-113(94)97)116-120-99-45-19-20-46-104(99)126-116/h1-70H. The smallest absolute Gasteiger partial charge is 0.228 e. The molecule has 0 fully saturated rings. The van der Waals surface area contributed by atoms with Gasteiger partial charge in [-0.05, 0) is 229 Å². The SMILES string of the molecule is c1ccc(-c2cc(-c3ccccc3)c3oc4cccc(-c5ccc(-c6nc7cc(-c8cccc(-c9cc(-c%10ccccc%10)cc%10c9oc9cccc(-c%11ccc(-c%12nc%13ccc(-c%14cccc(-c%15cc(-c%16ccccc%16)cc%16c%15oc%15cccc(-c%17nc%18ccccc%18o%17)c%15%16)c%14)cc%13n%12-c%12ccccc%12)nc%11)c9%10)c8)ccc7n6-c6ccccc6)cc5)c4c3c2)cc1. The Balaban J connectivity index is 0.554. The largest absolute Gasteiger partial charge is 0.455 e. The van der Waals surface area contributed by atoms with E-state index in [1.807, 2.05) is 48.7 Å². The Labute approximate surface area is 722 Å². The molecule has 0 bridgehead atoms. The highest BCUT2D eigenvalue weighted by Gasteiger charge is 2.27. The molecule has 0 saturated heterocycles. The number of imidazole rings is 2. The molecule has 0 atom stereocenters. The summed E-state index contributed by atoms with van der Waals surface area (Å²) < 4.78 is 31.9. The molecule has 0 saturated carbocycles. The highest BCUT2D eigenvalue weighted by molar-refractivity contribution is 6.20. The van der Waals surface area contributed by atoms with Gasteiger partial charge in [0.25, 0.3) is 0 Å². The van der Waals surface area contributed by atoms with E-state index >= 15 is 0 Å². The van der Waals surface area contributed by atoms with E-state index in [4.69, 9.17) is 37.6 Å². The zero-order valence-corrected chi connectivity index (χ0v) is 67.7. The molecule has 0 aliphatic carbocycles. The molecule has 0 amide bonds. The third-order valence-corrected chi connectivity index (χ3v) is 24.8. The second kappa shape index (κ2) is 29.4. The van der Waals surface area contributed by atoms with Crippen LogP contribution in [0.4, 0.5) is 0 Å². The lowest BCUT2D eigenvalue weighted by Crippen LogP contribution is -1.99. The summed E-state index contributed by atoms with van der Waals surface area (Å²) in [6.45, 7) is 0. The maximum absolute atomic E-state index is 7.18. The Morgan fingerprint density at radius 1 is 0.198 bits per heavy atom. The molecular weight excluding hydrogens is 1540 g/mol. The Morgan fingerprint density at radius 2 is 0.587 bits per heavy atom. The Morgan fingerprint density at radius 3 is 1.12 bits per heavy atom. The van der Waals surface area contributed by atoms with Gasteiger partial charge < -0.3 is 17.7 Å². The summed E-state index contributed by atoms with van der Waals surface area (Å²) in [5, 5.41) is 6.10. The van der Waals surface area contributed by atoms with Gasteiger partial charge in [0.15, 0.2) is 11.4 Å². The van der Waals surface area contributed by atoms with Gasteiger partial charge in [-0.2, -0.15) is 0 Å². The minimum Gasteiger partial charge on any atom is -0.455 e. The minimum absolute atomic E-state index is 0.548. The number of fused-ring (bicyclic) bond motifs is 12. The lowest BCUT2D eigenvalue weighted by atomic mass is 9.92. The van der Waals surface area contributed by atoms with Crippen molar-refractivity contribution in [2.45, 2.75) is 0 Å². The van der Waals surface area contributed by atoms with Gasteiger partial charge in [0, 0.05) is 83.3 Å². The van der Waals surface area contributed by atoms with Crippen LogP contribution >= 0.6 is 0 Å². The fourth-order valence-corrected chi connectivity index (χ4v) is 18.9. The Kier molecular flexibility index (Phi) is 16.7. The Hall–Kier alpha value is -17.1. The monoisotopic (exact) mass is 1610 g/mol. The number of pyridine rings is 1. The number of hydrogen-bond donors (Lipinski definition) is 0. The molecule has 0 unspecified atom stereocenters. The number of oxazole rings is 1. The first kappa shape index (κ1) is 71.8. The molecule has 588 valence electrons.